The van der Waals surface area contributed by atoms with Gasteiger partial charge in [-0.15, -0.1) is 0 Å². The zero-order chi connectivity index (χ0) is 18.5. The first-order valence-electron chi connectivity index (χ1n) is 6.68. The fourth-order valence-corrected chi connectivity index (χ4v) is 7.30. The molecule has 14 heteroatoms. The van der Waals surface area contributed by atoms with E-state index in [2.05, 4.69) is 11.5 Å². The molecule has 0 aliphatic heterocycles. The van der Waals surface area contributed by atoms with Gasteiger partial charge in [0.1, 0.15) is 0 Å². The molecule has 1 radical (unpaired) electrons. The maximum absolute atomic E-state index is 9.45. The Bertz CT molecular complexity index is 410. The third-order valence-electron chi connectivity index (χ3n) is 1.59. The van der Waals surface area contributed by atoms with Gasteiger partial charge in [-0.3, -0.25) is 9.59 Å². The van der Waals surface area contributed by atoms with E-state index in [-0.39, 0.29) is 17.1 Å². The fourth-order valence-electron chi connectivity index (χ4n) is 0.924. The summed E-state index contributed by atoms with van der Waals surface area (Å²) in [7, 11) is 0. The molecule has 0 fully saturated rings. The molecule has 24 heavy (non-hydrogen) atoms. The summed E-state index contributed by atoms with van der Waals surface area (Å²) in [6.07, 6.45) is 0. The van der Waals surface area contributed by atoms with Crippen molar-refractivity contribution in [3.05, 3.63) is 0 Å². The molecule has 0 unspecified atom stereocenters. The van der Waals surface area contributed by atoms with Crippen molar-refractivity contribution in [1.82, 2.24) is 0 Å². The van der Waals surface area contributed by atoms with Crippen molar-refractivity contribution in [1.29, 1.82) is 0 Å². The Morgan fingerprint density at radius 3 is 1.08 bits per heavy atom. The summed E-state index contributed by atoms with van der Waals surface area (Å²) in [6, 6.07) is 0. The summed E-state index contributed by atoms with van der Waals surface area (Å²) in [5, 5.41) is 0. The molecule has 0 aromatic heterocycles. The Morgan fingerprint density at radius 2 is 0.958 bits per heavy atom. The molecule has 0 aromatic carbocycles. The van der Waals surface area contributed by atoms with Crippen molar-refractivity contribution >= 4 is 48.9 Å². The van der Waals surface area contributed by atoms with Gasteiger partial charge in [-0.25, -0.2) is 4.31 Å². The quantitative estimate of drug-likeness (QED) is 0.275. The first-order chi connectivity index (χ1) is 10.6. The molecule has 2 amide bonds. The second-order valence-electron chi connectivity index (χ2n) is 3.38. The standard InChI is InChI=1S/C8H20O5P2S2.C2H4N2O2.Cu/c1-5-9-14(16,10-6-2)13-15(17,11-7-3)12-8-4;3-1(5)2(4)6;/h5-8H2,1-4H3;(H2,3,5)(H2,4,6);. The van der Waals surface area contributed by atoms with Crippen LogP contribution < -0.4 is 11.5 Å². The molecule has 0 spiro atoms. The monoisotopic (exact) mass is 473 g/mol. The van der Waals surface area contributed by atoms with E-state index in [1.807, 2.05) is 27.7 Å². The Labute approximate surface area is 163 Å². The number of amides is 2. The van der Waals surface area contributed by atoms with Gasteiger partial charge in [0.2, 0.25) is 0 Å². The number of primary amides is 2. The van der Waals surface area contributed by atoms with Crippen LogP contribution in [-0.2, 0) is 72.7 Å². The van der Waals surface area contributed by atoms with Gasteiger partial charge in [0, 0.05) is 17.1 Å². The topological polar surface area (TPSA) is 132 Å². The van der Waals surface area contributed by atoms with Crippen molar-refractivity contribution in [2.75, 3.05) is 26.4 Å². The van der Waals surface area contributed by atoms with Crippen LogP contribution in [-0.4, -0.2) is 38.2 Å². The summed E-state index contributed by atoms with van der Waals surface area (Å²) < 4.78 is 26.9. The van der Waals surface area contributed by atoms with Gasteiger partial charge in [0.25, 0.3) is 0 Å². The van der Waals surface area contributed by atoms with Crippen LogP contribution in [0, 0.1) is 0 Å². The second kappa shape index (κ2) is 15.8. The molecular weight excluding hydrogens is 450 g/mol. The Morgan fingerprint density at radius 1 is 0.750 bits per heavy atom. The number of hydrogen-bond donors (Lipinski definition) is 2. The molecule has 0 saturated carbocycles. The van der Waals surface area contributed by atoms with E-state index in [1.54, 1.807) is 0 Å². The van der Waals surface area contributed by atoms with Gasteiger partial charge < -0.3 is 29.6 Å². The summed E-state index contributed by atoms with van der Waals surface area (Å²) in [6.45, 7) is 3.09. The second-order valence-corrected chi connectivity index (χ2v) is 9.53. The van der Waals surface area contributed by atoms with Gasteiger partial charge in [-0.05, 0) is 51.3 Å². The molecule has 149 valence electrons. The minimum absolute atomic E-state index is 0. The summed E-state index contributed by atoms with van der Waals surface area (Å²) >= 11 is 10.4. The zero-order valence-electron chi connectivity index (χ0n) is 13.9. The first-order valence-corrected chi connectivity index (χ1v) is 11.8. The molecular formula is C10H24CuN2O7P2S2. The molecule has 0 bridgehead atoms. The molecule has 0 aliphatic carbocycles. The predicted molar refractivity (Wildman–Crippen MR) is 94.5 cm³/mol. The van der Waals surface area contributed by atoms with Gasteiger partial charge >= 0.3 is 25.3 Å². The minimum atomic E-state index is -2.87. The maximum Gasteiger partial charge on any atom is 0.334 e. The minimum Gasteiger partial charge on any atom is -0.361 e. The van der Waals surface area contributed by atoms with Gasteiger partial charge in [-0.1, -0.05) is 0 Å². The van der Waals surface area contributed by atoms with E-state index in [4.69, 9.17) is 46.0 Å². The normalized spacial score (nSPS) is 11.0. The van der Waals surface area contributed by atoms with Crippen LogP contribution in [0.15, 0.2) is 0 Å². The van der Waals surface area contributed by atoms with Crippen molar-refractivity contribution in [2.24, 2.45) is 11.5 Å². The SMILES string of the molecule is CCOP(=S)(OCC)OP(=S)(OCC)OCC.NC(=O)C(N)=O.[Cu]. The van der Waals surface area contributed by atoms with Crippen molar-refractivity contribution in [3.8, 4) is 0 Å². The number of nitrogens with two attached hydrogens (primary N) is 2. The third-order valence-corrected chi connectivity index (χ3v) is 7.95. The molecule has 9 nitrogen and oxygen atoms in total. The van der Waals surface area contributed by atoms with Crippen LogP contribution in [0.3, 0.4) is 0 Å². The molecule has 0 aromatic rings. The van der Waals surface area contributed by atoms with Crippen LogP contribution in [0.4, 0.5) is 0 Å². The van der Waals surface area contributed by atoms with Gasteiger partial charge in [-0.2, -0.15) is 0 Å². The van der Waals surface area contributed by atoms with E-state index >= 15 is 0 Å². The Balaban J connectivity index is -0.000000538. The summed E-state index contributed by atoms with van der Waals surface area (Å²) in [5.41, 5.74) is 8.64. The molecule has 0 heterocycles. The van der Waals surface area contributed by atoms with Crippen LogP contribution >= 0.6 is 13.4 Å². The number of rotatable bonds is 10. The number of hydrogen-bond acceptors (Lipinski definition) is 9. The average molecular weight is 474 g/mol. The summed E-state index contributed by atoms with van der Waals surface area (Å²) in [5.74, 6) is -2.20. The first kappa shape index (κ1) is 29.3. The number of carbonyl (C=O) groups is 2. The maximum atomic E-state index is 9.45. The van der Waals surface area contributed by atoms with Crippen LogP contribution in [0.25, 0.3) is 0 Å². The summed E-state index contributed by atoms with van der Waals surface area (Å²) in [4.78, 5) is 18.9. The Hall–Kier alpha value is 0.559. The zero-order valence-corrected chi connectivity index (χ0v) is 18.2. The predicted octanol–water partition coefficient (Wildman–Crippen LogP) is 1.55. The van der Waals surface area contributed by atoms with Crippen molar-refractivity contribution in [3.63, 3.8) is 0 Å². The van der Waals surface area contributed by atoms with E-state index in [1.165, 1.54) is 0 Å². The molecule has 0 rings (SSSR count). The van der Waals surface area contributed by atoms with E-state index in [0.717, 1.165) is 0 Å². The largest absolute Gasteiger partial charge is 0.361 e. The van der Waals surface area contributed by atoms with Crippen LogP contribution in [0.5, 0.6) is 0 Å². The molecule has 0 aliphatic rings. The smallest absolute Gasteiger partial charge is 0.334 e. The van der Waals surface area contributed by atoms with Crippen LogP contribution in [0.2, 0.25) is 0 Å². The fraction of sp³-hybridized carbons (Fsp3) is 0.800. The van der Waals surface area contributed by atoms with E-state index in [9.17, 15) is 9.59 Å². The van der Waals surface area contributed by atoms with Crippen molar-refractivity contribution in [2.45, 2.75) is 27.7 Å². The Kier molecular flexibility index (Phi) is 19.3. The van der Waals surface area contributed by atoms with Crippen LogP contribution in [0.1, 0.15) is 27.7 Å². The van der Waals surface area contributed by atoms with Gasteiger partial charge in [0.15, 0.2) is 0 Å². The molecule has 4 N–H and O–H groups in total. The van der Waals surface area contributed by atoms with Crippen molar-refractivity contribution < 1.29 is 49.1 Å². The average Bonchev–Trinajstić information content (AvgIpc) is 2.39. The van der Waals surface area contributed by atoms with E-state index in [0.29, 0.717) is 26.4 Å². The van der Waals surface area contributed by atoms with E-state index < -0.39 is 25.3 Å². The molecule has 0 atom stereocenters. The third kappa shape index (κ3) is 14.9. The molecule has 0 saturated heterocycles. The number of carbonyl (C=O) groups excluding carboxylic acids is 2. The van der Waals surface area contributed by atoms with Gasteiger partial charge in [0.05, 0.1) is 26.4 Å².